The van der Waals surface area contributed by atoms with E-state index in [2.05, 4.69) is 47.4 Å². The summed E-state index contributed by atoms with van der Waals surface area (Å²) in [7, 11) is 1.43. The number of fused-ring (bicyclic) bond motifs is 1. The van der Waals surface area contributed by atoms with Crippen molar-refractivity contribution in [1.29, 1.82) is 0 Å². The monoisotopic (exact) mass is 470 g/mol. The summed E-state index contributed by atoms with van der Waals surface area (Å²) in [5.41, 5.74) is 3.48. The summed E-state index contributed by atoms with van der Waals surface area (Å²) in [6.07, 6.45) is 1.89. The molecular weight excluding hydrogens is 436 g/mol. The number of phenols is 2. The molecule has 10 nitrogen and oxygen atoms in total. The first-order valence-electron chi connectivity index (χ1n) is 11.7. The maximum atomic E-state index is 10.4. The number of aliphatic hydroxyl groups excluding tert-OH is 1. The van der Waals surface area contributed by atoms with Gasteiger partial charge in [0.1, 0.15) is 5.75 Å². The molecule has 1 saturated heterocycles. The molecule has 1 aromatic carbocycles. The molecule has 184 valence electrons. The van der Waals surface area contributed by atoms with Crippen molar-refractivity contribution in [1.82, 2.24) is 19.7 Å². The van der Waals surface area contributed by atoms with E-state index in [0.717, 1.165) is 36.5 Å². The Hall–Kier alpha value is -3.27. The maximum Gasteiger partial charge on any atom is 0.208 e. The summed E-state index contributed by atoms with van der Waals surface area (Å²) in [6.45, 7) is 9.41. The Bertz CT molecular complexity index is 1250. The normalized spacial score (nSPS) is 17.0. The van der Waals surface area contributed by atoms with Crippen molar-refractivity contribution in [2.24, 2.45) is 4.99 Å². The average Bonchev–Trinajstić information content (AvgIpc) is 3.45. The minimum absolute atomic E-state index is 0.000203. The fourth-order valence-electron chi connectivity index (χ4n) is 4.60. The summed E-state index contributed by atoms with van der Waals surface area (Å²) in [5.74, 6) is 1.06. The number of nitrogens with zero attached hydrogens (tertiary/aromatic N) is 5. The highest BCUT2D eigenvalue weighted by molar-refractivity contribution is 5.79. The number of aromatic nitrogens is 4. The number of phenolic OH excluding ortho intramolecular Hbond substituents is 2. The Morgan fingerprint density at radius 2 is 1.97 bits per heavy atom. The van der Waals surface area contributed by atoms with Crippen molar-refractivity contribution in [2.75, 3.05) is 25.2 Å². The molecule has 0 saturated carbocycles. The van der Waals surface area contributed by atoms with E-state index in [1.54, 1.807) is 0 Å². The molecule has 1 unspecified atom stereocenters. The molecular formula is C24H34N6O4. The number of hydrogen-bond acceptors (Lipinski definition) is 8. The number of aromatic amines is 1. The van der Waals surface area contributed by atoms with Gasteiger partial charge in [-0.15, -0.1) is 0 Å². The highest BCUT2D eigenvalue weighted by Gasteiger charge is 2.30. The molecule has 3 heterocycles. The molecule has 0 aliphatic carbocycles. The zero-order chi connectivity index (χ0) is 24.6. The topological polar surface area (TPSA) is 132 Å². The van der Waals surface area contributed by atoms with Crippen molar-refractivity contribution < 1.29 is 20.1 Å². The molecule has 1 fully saturated rings. The quantitative estimate of drug-likeness (QED) is 0.390. The summed E-state index contributed by atoms with van der Waals surface area (Å²) in [4.78, 5) is 11.8. The lowest BCUT2D eigenvalue weighted by Gasteiger charge is -2.29. The number of benzene rings is 1. The van der Waals surface area contributed by atoms with Gasteiger partial charge >= 0.3 is 0 Å². The molecule has 34 heavy (non-hydrogen) atoms. The van der Waals surface area contributed by atoms with E-state index < -0.39 is 0 Å². The van der Waals surface area contributed by atoms with Gasteiger partial charge in [-0.3, -0.25) is 10.1 Å². The van der Waals surface area contributed by atoms with Gasteiger partial charge in [0.05, 0.1) is 37.5 Å². The molecule has 2 aromatic heterocycles. The summed E-state index contributed by atoms with van der Waals surface area (Å²) in [6, 6.07) is 2.92. The van der Waals surface area contributed by atoms with Gasteiger partial charge in [0.15, 0.2) is 22.5 Å². The first-order chi connectivity index (χ1) is 16.3. The second-order valence-corrected chi connectivity index (χ2v) is 9.33. The highest BCUT2D eigenvalue weighted by atomic mass is 16.5. The van der Waals surface area contributed by atoms with Gasteiger partial charge in [-0.1, -0.05) is 13.8 Å². The zero-order valence-electron chi connectivity index (χ0n) is 20.4. The van der Waals surface area contributed by atoms with E-state index in [4.69, 9.17) is 14.7 Å². The van der Waals surface area contributed by atoms with E-state index in [9.17, 15) is 15.3 Å². The van der Waals surface area contributed by atoms with Crippen molar-refractivity contribution >= 4 is 17.0 Å². The van der Waals surface area contributed by atoms with Crippen molar-refractivity contribution in [3.05, 3.63) is 28.9 Å². The van der Waals surface area contributed by atoms with Crippen LogP contribution in [-0.4, -0.2) is 61.4 Å². The smallest absolute Gasteiger partial charge is 0.208 e. The third kappa shape index (κ3) is 4.18. The number of methoxy groups -OCH3 is 1. The van der Waals surface area contributed by atoms with Crippen molar-refractivity contribution in [3.8, 4) is 17.2 Å². The maximum absolute atomic E-state index is 10.4. The molecule has 1 aliphatic heterocycles. The van der Waals surface area contributed by atoms with Gasteiger partial charge < -0.3 is 29.5 Å². The molecule has 0 spiro atoms. The Morgan fingerprint density at radius 1 is 1.21 bits per heavy atom. The molecule has 1 atom stereocenters. The number of nitrogens with one attached hydrogen (secondary N) is 1. The van der Waals surface area contributed by atoms with Crippen LogP contribution in [0.15, 0.2) is 17.1 Å². The van der Waals surface area contributed by atoms with E-state index >= 15 is 0 Å². The zero-order valence-corrected chi connectivity index (χ0v) is 20.4. The van der Waals surface area contributed by atoms with E-state index in [1.807, 2.05) is 0 Å². The number of hydrogen-bond donors (Lipinski definition) is 4. The van der Waals surface area contributed by atoms with Gasteiger partial charge in [0.2, 0.25) is 5.95 Å². The van der Waals surface area contributed by atoms with Crippen LogP contribution in [0.25, 0.3) is 11.0 Å². The second-order valence-electron chi connectivity index (χ2n) is 9.33. The van der Waals surface area contributed by atoms with Gasteiger partial charge in [-0.25, -0.2) is 0 Å². The second kappa shape index (κ2) is 9.54. The minimum atomic E-state index is -0.0697. The minimum Gasteiger partial charge on any atom is -0.507 e. The van der Waals surface area contributed by atoms with Crippen LogP contribution in [-0.2, 0) is 6.54 Å². The van der Waals surface area contributed by atoms with Crippen LogP contribution in [0.2, 0.25) is 0 Å². The van der Waals surface area contributed by atoms with Crippen molar-refractivity contribution in [2.45, 2.75) is 65.1 Å². The third-order valence-corrected chi connectivity index (χ3v) is 6.36. The van der Waals surface area contributed by atoms with Gasteiger partial charge in [0, 0.05) is 24.2 Å². The van der Waals surface area contributed by atoms with Crippen LogP contribution >= 0.6 is 0 Å². The van der Waals surface area contributed by atoms with Crippen LogP contribution in [0.1, 0.15) is 63.8 Å². The van der Waals surface area contributed by atoms with E-state index in [-0.39, 0.29) is 48.4 Å². The largest absolute Gasteiger partial charge is 0.507 e. The molecule has 4 N–H and O–H groups in total. The Kier molecular flexibility index (Phi) is 6.70. The number of aromatic hydroxyl groups is 2. The lowest BCUT2D eigenvalue weighted by atomic mass is 10.1. The van der Waals surface area contributed by atoms with Gasteiger partial charge in [0.25, 0.3) is 0 Å². The average molecular weight is 471 g/mol. The van der Waals surface area contributed by atoms with Crippen LogP contribution in [0.4, 0.5) is 5.95 Å². The van der Waals surface area contributed by atoms with Gasteiger partial charge in [-0.05, 0) is 38.7 Å². The molecule has 0 amide bonds. The highest BCUT2D eigenvalue weighted by Crippen LogP contribution is 2.34. The summed E-state index contributed by atoms with van der Waals surface area (Å²) < 4.78 is 7.24. The molecule has 4 rings (SSSR count). The Labute approximate surface area is 198 Å². The number of rotatable bonds is 7. The summed E-state index contributed by atoms with van der Waals surface area (Å²) >= 11 is 0. The Morgan fingerprint density at radius 3 is 2.62 bits per heavy atom. The number of H-pyrrole nitrogens is 1. The fourth-order valence-corrected chi connectivity index (χ4v) is 4.60. The first-order valence-corrected chi connectivity index (χ1v) is 11.7. The SMILES string of the molecule is COc1cc(O)c(CN=c2nc(N3CCCC3CO)n(C(C)C)c3c(C(C)C)[nH]nc23)cc1O. The van der Waals surface area contributed by atoms with Crippen molar-refractivity contribution in [3.63, 3.8) is 0 Å². The lowest BCUT2D eigenvalue weighted by molar-refractivity contribution is 0.265. The van der Waals surface area contributed by atoms with Crippen LogP contribution in [0.5, 0.6) is 17.2 Å². The number of ether oxygens (including phenoxy) is 1. The fraction of sp³-hybridized carbons (Fsp3) is 0.542. The lowest BCUT2D eigenvalue weighted by Crippen LogP contribution is -2.37. The van der Waals surface area contributed by atoms with Gasteiger partial charge in [-0.2, -0.15) is 10.1 Å². The Balaban J connectivity index is 1.94. The van der Waals surface area contributed by atoms with Crippen LogP contribution in [0, 0.1) is 0 Å². The number of aliphatic hydroxyl groups is 1. The van der Waals surface area contributed by atoms with E-state index in [0.29, 0.717) is 16.6 Å². The molecule has 0 radical (unpaired) electrons. The standard InChI is InChI=1S/C24H34N6O4/c1-13(2)20-22-21(28-27-20)23(25-11-15-9-18(33)19(34-5)10-17(15)32)26-24(30(22)14(3)4)29-8-6-7-16(29)12-31/h9-10,13-14,16,31-33H,6-8,11-12H2,1-5H3,(H,27,28). The predicted molar refractivity (Wildman–Crippen MR) is 129 cm³/mol. The van der Waals surface area contributed by atoms with E-state index in [1.165, 1.54) is 19.2 Å². The molecule has 3 aromatic rings. The first kappa shape index (κ1) is 23.9. The third-order valence-electron chi connectivity index (χ3n) is 6.36. The van der Waals surface area contributed by atoms with Crippen LogP contribution in [0.3, 0.4) is 0 Å². The predicted octanol–water partition coefficient (Wildman–Crippen LogP) is 2.95. The van der Waals surface area contributed by atoms with Crippen LogP contribution < -0.4 is 15.1 Å². The molecule has 0 bridgehead atoms. The summed E-state index contributed by atoms with van der Waals surface area (Å²) in [5, 5.41) is 38.3. The number of anilines is 1. The molecule has 1 aliphatic rings. The molecule has 10 heteroatoms.